The Kier molecular flexibility index (Phi) is 3.09. The first-order valence-electron chi connectivity index (χ1n) is 5.29. The van der Waals surface area contributed by atoms with Crippen LogP contribution in [0, 0.1) is 12.3 Å². The summed E-state index contributed by atoms with van der Waals surface area (Å²) in [6.07, 6.45) is 2.16. The molecule has 4 atom stereocenters. The minimum Gasteiger partial charge on any atom is -0.388 e. The molecule has 1 aliphatic heterocycles. The Hall–Kier alpha value is -1.88. The van der Waals surface area contributed by atoms with Gasteiger partial charge in [-0.25, -0.2) is 4.79 Å². The third-order valence-electron chi connectivity index (χ3n) is 2.87. The smallest absolute Gasteiger partial charge is 0.330 e. The zero-order valence-corrected chi connectivity index (χ0v) is 9.53. The molecule has 1 aromatic heterocycles. The average molecular weight is 252 g/mol. The molecule has 0 bridgehead atoms. The lowest BCUT2D eigenvalue weighted by Gasteiger charge is -2.17. The number of terminal acetylenes is 1. The van der Waals surface area contributed by atoms with E-state index in [1.54, 1.807) is 6.92 Å². The van der Waals surface area contributed by atoms with Gasteiger partial charge in [0.05, 0.1) is 6.10 Å². The average Bonchev–Trinajstić information content (AvgIpc) is 2.57. The van der Waals surface area contributed by atoms with Crippen molar-refractivity contribution in [1.29, 1.82) is 0 Å². The van der Waals surface area contributed by atoms with E-state index in [0.717, 1.165) is 10.8 Å². The van der Waals surface area contributed by atoms with Crippen molar-refractivity contribution in [2.75, 3.05) is 0 Å². The van der Waals surface area contributed by atoms with Crippen LogP contribution >= 0.6 is 0 Å². The molecule has 3 N–H and O–H groups in total. The number of hydrogen-bond donors (Lipinski definition) is 3. The van der Waals surface area contributed by atoms with E-state index in [9.17, 15) is 19.8 Å². The molecule has 1 saturated heterocycles. The summed E-state index contributed by atoms with van der Waals surface area (Å²) in [6, 6.07) is 0. The van der Waals surface area contributed by atoms with Gasteiger partial charge in [0.2, 0.25) is 0 Å². The zero-order valence-electron chi connectivity index (χ0n) is 9.53. The molecule has 7 heteroatoms. The lowest BCUT2D eigenvalue weighted by atomic mass is 10.1. The summed E-state index contributed by atoms with van der Waals surface area (Å²) in [5.74, 6) is 2.12. The maximum atomic E-state index is 11.6. The van der Waals surface area contributed by atoms with Crippen LogP contribution in [0.1, 0.15) is 18.7 Å². The van der Waals surface area contributed by atoms with E-state index in [4.69, 9.17) is 11.2 Å². The Labute approximate surface area is 102 Å². The van der Waals surface area contributed by atoms with Crippen LogP contribution in [0.2, 0.25) is 0 Å². The van der Waals surface area contributed by atoms with Gasteiger partial charge in [0.15, 0.2) is 6.23 Å². The van der Waals surface area contributed by atoms with Crippen molar-refractivity contribution < 1.29 is 14.9 Å². The van der Waals surface area contributed by atoms with E-state index in [1.165, 1.54) is 0 Å². The molecule has 2 rings (SSSR count). The second kappa shape index (κ2) is 4.42. The Bertz CT molecular complexity index is 611. The number of aromatic nitrogens is 2. The van der Waals surface area contributed by atoms with Crippen LogP contribution in [0.4, 0.5) is 0 Å². The molecular weight excluding hydrogens is 240 g/mol. The Morgan fingerprint density at radius 3 is 2.61 bits per heavy atom. The fourth-order valence-electron chi connectivity index (χ4n) is 1.83. The summed E-state index contributed by atoms with van der Waals surface area (Å²) < 4.78 is 6.23. The summed E-state index contributed by atoms with van der Waals surface area (Å²) in [4.78, 5) is 24.9. The molecule has 0 spiro atoms. The predicted molar refractivity (Wildman–Crippen MR) is 60.9 cm³/mol. The molecule has 0 aliphatic carbocycles. The molecule has 0 saturated carbocycles. The highest BCUT2D eigenvalue weighted by Crippen LogP contribution is 2.27. The monoisotopic (exact) mass is 252 g/mol. The standard InChI is InChI=1S/C11H12N2O5/c1-3-6-4-13(11(17)12-9(6)16)10-8(15)7(14)5(2)18-10/h1,4-5,7-8,10,14-15H,2H3,(H,12,16,17)/t5-,7-,8-,10-/m1/s1. The molecule has 1 aromatic rings. The maximum absolute atomic E-state index is 11.6. The normalized spacial score (nSPS) is 31.2. The third-order valence-corrected chi connectivity index (χ3v) is 2.87. The number of ether oxygens (including phenoxy) is 1. The molecule has 0 radical (unpaired) electrons. The zero-order chi connectivity index (χ0) is 13.4. The molecule has 96 valence electrons. The fraction of sp³-hybridized carbons (Fsp3) is 0.455. The van der Waals surface area contributed by atoms with Crippen molar-refractivity contribution in [3.63, 3.8) is 0 Å². The van der Waals surface area contributed by atoms with Gasteiger partial charge in [0, 0.05) is 6.20 Å². The second-order valence-corrected chi connectivity index (χ2v) is 4.07. The summed E-state index contributed by atoms with van der Waals surface area (Å²) in [5, 5.41) is 19.3. The number of nitrogens with one attached hydrogen (secondary N) is 1. The Morgan fingerprint density at radius 1 is 1.44 bits per heavy atom. The molecule has 0 aromatic carbocycles. The van der Waals surface area contributed by atoms with Gasteiger partial charge >= 0.3 is 5.69 Å². The van der Waals surface area contributed by atoms with Crippen LogP contribution in [-0.2, 0) is 4.74 Å². The molecule has 1 aliphatic rings. The molecule has 0 unspecified atom stereocenters. The first-order chi connectivity index (χ1) is 8.45. The highest BCUT2D eigenvalue weighted by atomic mass is 16.6. The summed E-state index contributed by atoms with van der Waals surface area (Å²) in [7, 11) is 0. The van der Waals surface area contributed by atoms with Gasteiger partial charge in [-0.3, -0.25) is 14.3 Å². The topological polar surface area (TPSA) is 105 Å². The van der Waals surface area contributed by atoms with Gasteiger partial charge in [-0.1, -0.05) is 5.92 Å². The minimum absolute atomic E-state index is 0.0561. The van der Waals surface area contributed by atoms with E-state index in [2.05, 4.69) is 5.92 Å². The first-order valence-corrected chi connectivity index (χ1v) is 5.29. The summed E-state index contributed by atoms with van der Waals surface area (Å²) in [6.45, 7) is 1.56. The van der Waals surface area contributed by atoms with Crippen LogP contribution < -0.4 is 11.2 Å². The van der Waals surface area contributed by atoms with Crippen LogP contribution in [0.15, 0.2) is 15.8 Å². The number of hydrogen-bond acceptors (Lipinski definition) is 5. The summed E-state index contributed by atoms with van der Waals surface area (Å²) in [5.41, 5.74) is -1.50. The molecule has 1 fully saturated rings. The second-order valence-electron chi connectivity index (χ2n) is 4.07. The highest BCUT2D eigenvalue weighted by Gasteiger charge is 2.41. The number of H-pyrrole nitrogens is 1. The van der Waals surface area contributed by atoms with Gasteiger partial charge in [-0.15, -0.1) is 6.42 Å². The van der Waals surface area contributed by atoms with Crippen LogP contribution in [0.25, 0.3) is 0 Å². The van der Waals surface area contributed by atoms with Gasteiger partial charge in [-0.05, 0) is 6.92 Å². The van der Waals surface area contributed by atoms with Crippen molar-refractivity contribution in [2.24, 2.45) is 0 Å². The van der Waals surface area contributed by atoms with E-state index < -0.39 is 35.8 Å². The fourth-order valence-corrected chi connectivity index (χ4v) is 1.83. The van der Waals surface area contributed by atoms with Crippen molar-refractivity contribution >= 4 is 0 Å². The van der Waals surface area contributed by atoms with E-state index in [0.29, 0.717) is 0 Å². The molecule has 0 amide bonds. The van der Waals surface area contributed by atoms with Crippen LogP contribution in [0.5, 0.6) is 0 Å². The number of aromatic amines is 1. The van der Waals surface area contributed by atoms with E-state index >= 15 is 0 Å². The van der Waals surface area contributed by atoms with E-state index in [1.807, 2.05) is 4.98 Å². The Morgan fingerprint density at radius 2 is 2.11 bits per heavy atom. The van der Waals surface area contributed by atoms with Gasteiger partial charge in [-0.2, -0.15) is 0 Å². The summed E-state index contributed by atoms with van der Waals surface area (Å²) >= 11 is 0. The molecule has 7 nitrogen and oxygen atoms in total. The van der Waals surface area contributed by atoms with Crippen molar-refractivity contribution in [3.05, 3.63) is 32.6 Å². The maximum Gasteiger partial charge on any atom is 0.330 e. The van der Waals surface area contributed by atoms with Crippen molar-refractivity contribution in [3.8, 4) is 12.3 Å². The number of rotatable bonds is 1. The molecule has 2 heterocycles. The van der Waals surface area contributed by atoms with Crippen LogP contribution in [-0.4, -0.2) is 38.1 Å². The lowest BCUT2D eigenvalue weighted by molar-refractivity contribution is -0.0351. The van der Waals surface area contributed by atoms with Crippen molar-refractivity contribution in [2.45, 2.75) is 31.5 Å². The largest absolute Gasteiger partial charge is 0.388 e. The van der Waals surface area contributed by atoms with Gasteiger partial charge in [0.25, 0.3) is 5.56 Å². The number of aliphatic hydroxyl groups is 2. The SMILES string of the molecule is C#Cc1cn([C@@H]2O[C@H](C)[C@@H](O)[C@H]2O)c(=O)[nH]c1=O. The Balaban J connectivity index is 2.50. The van der Waals surface area contributed by atoms with Gasteiger partial charge < -0.3 is 14.9 Å². The quantitative estimate of drug-likeness (QED) is 0.509. The van der Waals surface area contributed by atoms with Crippen molar-refractivity contribution in [1.82, 2.24) is 9.55 Å². The lowest BCUT2D eigenvalue weighted by Crippen LogP contribution is -2.38. The minimum atomic E-state index is -1.27. The van der Waals surface area contributed by atoms with Crippen LogP contribution in [0.3, 0.4) is 0 Å². The molecular formula is C11H12N2O5. The van der Waals surface area contributed by atoms with Gasteiger partial charge in [0.1, 0.15) is 17.8 Å². The number of aliphatic hydroxyl groups excluding tert-OH is 2. The highest BCUT2D eigenvalue weighted by molar-refractivity contribution is 5.26. The third kappa shape index (κ3) is 1.86. The predicted octanol–water partition coefficient (Wildman–Crippen LogP) is -1.84. The molecule has 18 heavy (non-hydrogen) atoms. The van der Waals surface area contributed by atoms with E-state index in [-0.39, 0.29) is 5.56 Å². The number of nitrogens with zero attached hydrogens (tertiary/aromatic N) is 1. The first kappa shape index (κ1) is 12.6.